The van der Waals surface area contributed by atoms with Gasteiger partial charge in [0, 0.05) is 6.04 Å². The van der Waals surface area contributed by atoms with E-state index in [4.69, 9.17) is 10.5 Å². The Balaban J connectivity index is 1.91. The topological polar surface area (TPSA) is 38.5 Å². The second kappa shape index (κ2) is 7.69. The zero-order chi connectivity index (χ0) is 15.2. The Morgan fingerprint density at radius 1 is 1.33 bits per heavy atom. The summed E-state index contributed by atoms with van der Waals surface area (Å²) in [6.07, 6.45) is 4.73. The first-order valence-corrected chi connectivity index (χ1v) is 8.35. The van der Waals surface area contributed by atoms with Gasteiger partial charge in [-0.1, -0.05) is 19.9 Å². The van der Waals surface area contributed by atoms with Crippen LogP contribution in [0.2, 0.25) is 0 Å². The van der Waals surface area contributed by atoms with Crippen molar-refractivity contribution in [3.8, 4) is 5.75 Å². The quantitative estimate of drug-likeness (QED) is 0.812. The summed E-state index contributed by atoms with van der Waals surface area (Å²) in [5.41, 5.74) is 8.17. The van der Waals surface area contributed by atoms with Crippen molar-refractivity contribution in [2.45, 2.75) is 52.5 Å². The zero-order valence-corrected chi connectivity index (χ0v) is 13.8. The van der Waals surface area contributed by atoms with Crippen molar-refractivity contribution in [3.05, 3.63) is 23.8 Å². The van der Waals surface area contributed by atoms with Crippen LogP contribution < -0.4 is 10.5 Å². The lowest BCUT2D eigenvalue weighted by molar-refractivity contribution is 0.146. The number of rotatable bonds is 6. The Kier molecular flexibility index (Phi) is 5.92. The molecule has 1 fully saturated rings. The van der Waals surface area contributed by atoms with Crippen LogP contribution in [0.25, 0.3) is 0 Å². The van der Waals surface area contributed by atoms with E-state index >= 15 is 0 Å². The Morgan fingerprint density at radius 3 is 2.67 bits per heavy atom. The minimum atomic E-state index is 0.583. The molecule has 1 heterocycles. The molecule has 1 aliphatic heterocycles. The molecule has 1 aliphatic rings. The molecule has 0 spiro atoms. The highest BCUT2D eigenvalue weighted by Gasteiger charge is 2.20. The summed E-state index contributed by atoms with van der Waals surface area (Å²) in [4.78, 5) is 2.61. The molecule has 0 bridgehead atoms. The molecule has 1 atom stereocenters. The third kappa shape index (κ3) is 4.63. The van der Waals surface area contributed by atoms with E-state index in [1.165, 1.54) is 31.5 Å². The normalized spacial score (nSPS) is 18.6. The summed E-state index contributed by atoms with van der Waals surface area (Å²) < 4.78 is 5.64. The van der Waals surface area contributed by atoms with Crippen molar-refractivity contribution in [1.82, 2.24) is 4.90 Å². The molecule has 3 heteroatoms. The van der Waals surface area contributed by atoms with Crippen molar-refractivity contribution >= 4 is 5.69 Å². The molecule has 2 N–H and O–H groups in total. The number of nitrogens with zero attached hydrogens (tertiary/aromatic N) is 1. The summed E-state index contributed by atoms with van der Waals surface area (Å²) in [7, 11) is 0. The maximum atomic E-state index is 6.10. The molecule has 0 aromatic heterocycles. The molecule has 0 radical (unpaired) electrons. The maximum absolute atomic E-state index is 6.10. The number of ether oxygens (including phenoxy) is 1. The van der Waals surface area contributed by atoms with Gasteiger partial charge in [-0.15, -0.1) is 0 Å². The van der Waals surface area contributed by atoms with Crippen LogP contribution in [0.5, 0.6) is 5.75 Å². The lowest BCUT2D eigenvalue weighted by atomic mass is 9.96. The van der Waals surface area contributed by atoms with Gasteiger partial charge in [-0.3, -0.25) is 0 Å². The number of anilines is 1. The van der Waals surface area contributed by atoms with Gasteiger partial charge in [-0.05, 0) is 69.3 Å². The van der Waals surface area contributed by atoms with Crippen molar-refractivity contribution in [3.63, 3.8) is 0 Å². The van der Waals surface area contributed by atoms with E-state index in [0.29, 0.717) is 6.04 Å². The van der Waals surface area contributed by atoms with Crippen molar-refractivity contribution in [2.75, 3.05) is 25.4 Å². The van der Waals surface area contributed by atoms with Crippen LogP contribution >= 0.6 is 0 Å². The largest absolute Gasteiger partial charge is 0.491 e. The Hall–Kier alpha value is -1.22. The summed E-state index contributed by atoms with van der Waals surface area (Å²) in [5, 5.41) is 0. The molecule has 3 nitrogen and oxygen atoms in total. The fourth-order valence-electron chi connectivity index (χ4n) is 3.01. The van der Waals surface area contributed by atoms with Crippen LogP contribution in [-0.2, 0) is 6.42 Å². The average molecular weight is 290 g/mol. The van der Waals surface area contributed by atoms with Crippen LogP contribution in [0, 0.1) is 5.92 Å². The van der Waals surface area contributed by atoms with Gasteiger partial charge in [0.15, 0.2) is 0 Å². The maximum Gasteiger partial charge on any atom is 0.142 e. The fourth-order valence-corrected chi connectivity index (χ4v) is 3.01. The van der Waals surface area contributed by atoms with E-state index in [-0.39, 0.29) is 0 Å². The number of piperidine rings is 1. The Morgan fingerprint density at radius 2 is 2.05 bits per heavy atom. The van der Waals surface area contributed by atoms with Crippen molar-refractivity contribution in [1.29, 1.82) is 0 Å². The first kappa shape index (κ1) is 16.2. The summed E-state index contributed by atoms with van der Waals surface area (Å²) in [6, 6.07) is 6.84. The van der Waals surface area contributed by atoms with Crippen LogP contribution in [0.4, 0.5) is 5.69 Å². The first-order valence-electron chi connectivity index (χ1n) is 8.35. The SMILES string of the molecule is CCCOc1ccc(CC(C)N2CCC(C)CC2)cc1N. The summed E-state index contributed by atoms with van der Waals surface area (Å²) in [6.45, 7) is 9.98. The molecule has 118 valence electrons. The smallest absolute Gasteiger partial charge is 0.142 e. The highest BCUT2D eigenvalue weighted by Crippen LogP contribution is 2.25. The monoisotopic (exact) mass is 290 g/mol. The van der Waals surface area contributed by atoms with Gasteiger partial charge in [0.05, 0.1) is 12.3 Å². The van der Waals surface area contributed by atoms with Gasteiger partial charge in [0.2, 0.25) is 0 Å². The second-order valence-electron chi connectivity index (χ2n) is 6.49. The van der Waals surface area contributed by atoms with Gasteiger partial charge in [-0.2, -0.15) is 0 Å². The molecule has 2 rings (SSSR count). The lowest BCUT2D eigenvalue weighted by Gasteiger charge is -2.35. The lowest BCUT2D eigenvalue weighted by Crippen LogP contribution is -2.40. The summed E-state index contributed by atoms with van der Waals surface area (Å²) in [5.74, 6) is 1.71. The highest BCUT2D eigenvalue weighted by molar-refractivity contribution is 5.54. The molecule has 0 aliphatic carbocycles. The minimum absolute atomic E-state index is 0.583. The third-order valence-corrected chi connectivity index (χ3v) is 4.51. The van der Waals surface area contributed by atoms with Gasteiger partial charge < -0.3 is 15.4 Å². The van der Waals surface area contributed by atoms with E-state index in [1.54, 1.807) is 0 Å². The van der Waals surface area contributed by atoms with Crippen LogP contribution in [-0.4, -0.2) is 30.6 Å². The van der Waals surface area contributed by atoms with E-state index in [9.17, 15) is 0 Å². The Bertz CT molecular complexity index is 439. The standard InChI is InChI=1S/C18H30N2O/c1-4-11-21-18-6-5-16(13-17(18)19)12-15(3)20-9-7-14(2)8-10-20/h5-6,13-15H,4,7-12,19H2,1-3H3. The number of benzene rings is 1. The molecule has 1 unspecified atom stereocenters. The summed E-state index contributed by atoms with van der Waals surface area (Å²) >= 11 is 0. The second-order valence-corrected chi connectivity index (χ2v) is 6.49. The Labute approximate surface area is 129 Å². The van der Waals surface area contributed by atoms with Gasteiger partial charge in [-0.25, -0.2) is 0 Å². The number of hydrogen-bond donors (Lipinski definition) is 1. The molecule has 21 heavy (non-hydrogen) atoms. The highest BCUT2D eigenvalue weighted by atomic mass is 16.5. The molecular formula is C18H30N2O. The predicted octanol–water partition coefficient (Wildman–Crippen LogP) is 3.72. The van der Waals surface area contributed by atoms with E-state index in [0.717, 1.165) is 36.8 Å². The van der Waals surface area contributed by atoms with Gasteiger partial charge in [0.1, 0.15) is 5.75 Å². The first-order chi connectivity index (χ1) is 10.1. The number of hydrogen-bond acceptors (Lipinski definition) is 3. The van der Waals surface area contributed by atoms with Gasteiger partial charge in [0.25, 0.3) is 0 Å². The average Bonchev–Trinajstić information content (AvgIpc) is 2.47. The van der Waals surface area contributed by atoms with Gasteiger partial charge >= 0.3 is 0 Å². The molecule has 1 aromatic rings. The van der Waals surface area contributed by atoms with E-state index in [2.05, 4.69) is 37.8 Å². The van der Waals surface area contributed by atoms with Crippen molar-refractivity contribution in [2.24, 2.45) is 5.92 Å². The molecular weight excluding hydrogens is 260 g/mol. The molecule has 0 amide bonds. The van der Waals surface area contributed by atoms with Crippen LogP contribution in [0.15, 0.2) is 18.2 Å². The minimum Gasteiger partial charge on any atom is -0.491 e. The number of nitrogen functional groups attached to an aromatic ring is 1. The van der Waals surface area contributed by atoms with E-state index in [1.807, 2.05) is 6.07 Å². The van der Waals surface area contributed by atoms with E-state index < -0.39 is 0 Å². The number of nitrogens with two attached hydrogens (primary N) is 1. The predicted molar refractivity (Wildman–Crippen MR) is 89.8 cm³/mol. The van der Waals surface area contributed by atoms with Crippen molar-refractivity contribution < 1.29 is 4.74 Å². The zero-order valence-electron chi connectivity index (χ0n) is 13.8. The van der Waals surface area contributed by atoms with Crippen LogP contribution in [0.1, 0.15) is 45.6 Å². The third-order valence-electron chi connectivity index (χ3n) is 4.51. The molecule has 1 aromatic carbocycles. The fraction of sp³-hybridized carbons (Fsp3) is 0.667. The molecule has 1 saturated heterocycles. The number of likely N-dealkylation sites (tertiary alicyclic amines) is 1. The van der Waals surface area contributed by atoms with Crippen LogP contribution in [0.3, 0.4) is 0 Å². The molecule has 0 saturated carbocycles.